The third kappa shape index (κ3) is 7.22. The zero-order valence-electron chi connectivity index (χ0n) is 15.8. The minimum atomic E-state index is -1.20. The maximum absolute atomic E-state index is 13.0. The molecular weight excluding hydrogens is 325 g/mol. The van der Waals surface area contributed by atoms with Crippen LogP contribution in [0, 0.1) is 5.82 Å². The average Bonchev–Trinajstić information content (AvgIpc) is 2.50. The molecule has 0 spiro atoms. The van der Waals surface area contributed by atoms with Gasteiger partial charge in [0.25, 0.3) is 0 Å². The van der Waals surface area contributed by atoms with E-state index < -0.39 is 17.2 Å². The Morgan fingerprint density at radius 3 is 2.24 bits per heavy atom. The fourth-order valence-corrected chi connectivity index (χ4v) is 2.12. The van der Waals surface area contributed by atoms with Crippen LogP contribution in [0.2, 0.25) is 0 Å². The molecule has 0 aromatic heterocycles. The van der Waals surface area contributed by atoms with E-state index in [1.54, 1.807) is 39.8 Å². The molecule has 5 nitrogen and oxygen atoms in total. The molecule has 6 heteroatoms. The molecule has 0 bridgehead atoms. The van der Waals surface area contributed by atoms with Crippen LogP contribution in [-0.2, 0) is 14.3 Å². The van der Waals surface area contributed by atoms with Crippen molar-refractivity contribution in [2.45, 2.75) is 64.7 Å². The summed E-state index contributed by atoms with van der Waals surface area (Å²) in [5.74, 6) is -0.294. The molecule has 0 radical (unpaired) electrons. The molecule has 0 heterocycles. The maximum atomic E-state index is 13.0. The Kier molecular flexibility index (Phi) is 7.11. The van der Waals surface area contributed by atoms with Crippen LogP contribution in [0.15, 0.2) is 24.3 Å². The smallest absolute Gasteiger partial charge is 0.408 e. The lowest BCUT2D eigenvalue weighted by atomic mass is 9.96. The minimum Gasteiger partial charge on any atom is -0.444 e. The summed E-state index contributed by atoms with van der Waals surface area (Å²) in [5.41, 5.74) is -0.917. The van der Waals surface area contributed by atoms with Crippen molar-refractivity contribution in [3.63, 3.8) is 0 Å². The van der Waals surface area contributed by atoms with Crippen molar-refractivity contribution in [3.8, 4) is 0 Å². The molecule has 140 valence electrons. The molecule has 0 aliphatic rings. The van der Waals surface area contributed by atoms with Gasteiger partial charge < -0.3 is 19.6 Å². The maximum Gasteiger partial charge on any atom is 0.408 e. The summed E-state index contributed by atoms with van der Waals surface area (Å²) in [6.45, 7) is 10.6. The Hall–Kier alpha value is -1.95. The van der Waals surface area contributed by atoms with Crippen molar-refractivity contribution < 1.29 is 23.5 Å². The van der Waals surface area contributed by atoms with Gasteiger partial charge in [0, 0.05) is 5.92 Å². The molecule has 1 aromatic carbocycles. The number of benzene rings is 1. The lowest BCUT2D eigenvalue weighted by molar-refractivity contribution is -0.116. The van der Waals surface area contributed by atoms with Gasteiger partial charge in [0.15, 0.2) is 0 Å². The lowest BCUT2D eigenvalue weighted by Gasteiger charge is -2.30. The van der Waals surface area contributed by atoms with Crippen molar-refractivity contribution >= 4 is 12.4 Å². The van der Waals surface area contributed by atoms with E-state index in [4.69, 9.17) is 9.47 Å². The summed E-state index contributed by atoms with van der Waals surface area (Å²) in [6, 6.07) is 6.21. The van der Waals surface area contributed by atoms with E-state index in [1.165, 1.54) is 12.1 Å². The Morgan fingerprint density at radius 1 is 1.20 bits per heavy atom. The minimum absolute atomic E-state index is 0.00183. The topological polar surface area (TPSA) is 64.6 Å². The van der Waals surface area contributed by atoms with Gasteiger partial charge in [-0.3, -0.25) is 0 Å². The second-order valence-corrected chi connectivity index (χ2v) is 7.52. The van der Waals surface area contributed by atoms with Gasteiger partial charge in [0.05, 0.1) is 12.7 Å². The van der Waals surface area contributed by atoms with E-state index in [0.29, 0.717) is 6.29 Å². The van der Waals surface area contributed by atoms with Crippen LogP contribution in [0.5, 0.6) is 0 Å². The predicted octanol–water partition coefficient (Wildman–Crippen LogP) is 3.82. The van der Waals surface area contributed by atoms with Crippen LogP contribution < -0.4 is 5.32 Å². The monoisotopic (exact) mass is 353 g/mol. The number of rotatable bonds is 7. The molecule has 3 atom stereocenters. The molecular formula is C19H28FNO4. The number of carbonyl (C=O) groups excluding carboxylic acids is 2. The Bertz CT molecular complexity index is 582. The summed E-state index contributed by atoms with van der Waals surface area (Å²) < 4.78 is 24.0. The molecule has 0 saturated carbocycles. The Labute approximate surface area is 148 Å². The van der Waals surface area contributed by atoms with Crippen molar-refractivity contribution in [3.05, 3.63) is 35.6 Å². The normalized spacial score (nSPS) is 16.4. The fraction of sp³-hybridized carbons (Fsp3) is 0.579. The highest BCUT2D eigenvalue weighted by molar-refractivity contribution is 5.76. The molecule has 0 saturated heterocycles. The van der Waals surface area contributed by atoms with Gasteiger partial charge in [-0.2, -0.15) is 0 Å². The molecule has 0 aliphatic carbocycles. The summed E-state index contributed by atoms with van der Waals surface area (Å²) in [6.07, 6.45) is -0.276. The molecule has 0 fully saturated rings. The van der Waals surface area contributed by atoms with Crippen molar-refractivity contribution in [1.82, 2.24) is 5.32 Å². The van der Waals surface area contributed by atoms with Gasteiger partial charge in [-0.25, -0.2) is 9.18 Å². The van der Waals surface area contributed by atoms with E-state index in [1.807, 2.05) is 13.8 Å². The van der Waals surface area contributed by atoms with Gasteiger partial charge >= 0.3 is 6.09 Å². The average molecular weight is 353 g/mol. The number of alkyl carbamates (subject to hydrolysis) is 1. The lowest BCUT2D eigenvalue weighted by Crippen LogP contribution is -2.52. The number of hydrogen-bond acceptors (Lipinski definition) is 4. The van der Waals surface area contributed by atoms with Crippen LogP contribution in [0.1, 0.15) is 53.0 Å². The first-order valence-electron chi connectivity index (χ1n) is 8.30. The molecule has 1 aromatic rings. The third-order valence-electron chi connectivity index (χ3n) is 3.79. The van der Waals surface area contributed by atoms with Gasteiger partial charge in [0.1, 0.15) is 23.2 Å². The molecule has 1 N–H and O–H groups in total. The number of amides is 1. The van der Waals surface area contributed by atoms with E-state index >= 15 is 0 Å². The van der Waals surface area contributed by atoms with Gasteiger partial charge in [-0.05, 0) is 52.3 Å². The summed E-state index contributed by atoms with van der Waals surface area (Å²) in [7, 11) is 0. The Balaban J connectivity index is 2.63. The number of carbonyl (C=O) groups is 2. The van der Waals surface area contributed by atoms with Gasteiger partial charge in [-0.15, -0.1) is 0 Å². The molecule has 25 heavy (non-hydrogen) atoms. The highest BCUT2D eigenvalue weighted by Crippen LogP contribution is 2.22. The Morgan fingerprint density at radius 2 is 1.76 bits per heavy atom. The van der Waals surface area contributed by atoms with Gasteiger partial charge in [-0.1, -0.05) is 19.1 Å². The standard InChI is InChI=1S/C19H28FNO4/c1-13(15-7-9-16(20)10-8-15)14(2)24-12-19(6,11-22)21-17(23)25-18(3,4)5/h7-11,13-14H,12H2,1-6H3,(H,21,23)/t13-,14+,19-/m1/s1. The SMILES string of the molecule is C[C@H](OC[C@@](C)(C=O)NC(=O)OC(C)(C)C)[C@@H](C)c1ccc(F)cc1. The molecule has 1 rings (SSSR count). The number of halogens is 1. The quantitative estimate of drug-likeness (QED) is 0.757. The van der Waals surface area contributed by atoms with Crippen LogP contribution in [0.4, 0.5) is 9.18 Å². The number of hydrogen-bond donors (Lipinski definition) is 1. The number of nitrogens with one attached hydrogen (secondary N) is 1. The van der Waals surface area contributed by atoms with Crippen LogP contribution in [0.25, 0.3) is 0 Å². The first kappa shape index (κ1) is 21.1. The highest BCUT2D eigenvalue weighted by atomic mass is 19.1. The van der Waals surface area contributed by atoms with Gasteiger partial charge in [0.2, 0.25) is 0 Å². The summed E-state index contributed by atoms with van der Waals surface area (Å²) >= 11 is 0. The summed E-state index contributed by atoms with van der Waals surface area (Å²) in [4.78, 5) is 23.3. The first-order chi connectivity index (χ1) is 11.5. The number of ether oxygens (including phenoxy) is 2. The highest BCUT2D eigenvalue weighted by Gasteiger charge is 2.30. The summed E-state index contributed by atoms with van der Waals surface area (Å²) in [5, 5.41) is 2.54. The first-order valence-corrected chi connectivity index (χ1v) is 8.30. The molecule has 0 unspecified atom stereocenters. The van der Waals surface area contributed by atoms with Crippen molar-refractivity contribution in [1.29, 1.82) is 0 Å². The van der Waals surface area contributed by atoms with Crippen LogP contribution >= 0.6 is 0 Å². The van der Waals surface area contributed by atoms with E-state index in [0.717, 1.165) is 5.56 Å². The molecule has 1 amide bonds. The fourth-order valence-electron chi connectivity index (χ4n) is 2.12. The number of aldehydes is 1. The largest absolute Gasteiger partial charge is 0.444 e. The third-order valence-corrected chi connectivity index (χ3v) is 3.79. The zero-order chi connectivity index (χ0) is 19.3. The second-order valence-electron chi connectivity index (χ2n) is 7.52. The van der Waals surface area contributed by atoms with Crippen molar-refractivity contribution in [2.75, 3.05) is 6.61 Å². The van der Waals surface area contributed by atoms with Crippen molar-refractivity contribution in [2.24, 2.45) is 0 Å². The van der Waals surface area contributed by atoms with Crippen LogP contribution in [0.3, 0.4) is 0 Å². The van der Waals surface area contributed by atoms with Crippen LogP contribution in [-0.4, -0.2) is 36.2 Å². The zero-order valence-corrected chi connectivity index (χ0v) is 15.8. The second kappa shape index (κ2) is 8.43. The van der Waals surface area contributed by atoms with E-state index in [-0.39, 0.29) is 24.4 Å². The predicted molar refractivity (Wildman–Crippen MR) is 94.1 cm³/mol. The van der Waals surface area contributed by atoms with E-state index in [9.17, 15) is 14.0 Å². The van der Waals surface area contributed by atoms with E-state index in [2.05, 4.69) is 5.32 Å². The molecule has 0 aliphatic heterocycles.